The summed E-state index contributed by atoms with van der Waals surface area (Å²) in [4.78, 5) is 17.8. The van der Waals surface area contributed by atoms with Crippen molar-refractivity contribution in [1.82, 2.24) is 10.2 Å². The number of hydrogen-bond donors (Lipinski definition) is 1. The smallest absolute Gasteiger partial charge is 0.333 e. The lowest BCUT2D eigenvalue weighted by Crippen LogP contribution is -2.47. The van der Waals surface area contributed by atoms with Gasteiger partial charge in [-0.15, -0.1) is 0 Å². The van der Waals surface area contributed by atoms with Gasteiger partial charge in [0.1, 0.15) is 0 Å². The van der Waals surface area contributed by atoms with E-state index in [9.17, 15) is 18.0 Å². The molecule has 1 aromatic carbocycles. The first kappa shape index (κ1) is 18.0. The summed E-state index contributed by atoms with van der Waals surface area (Å²) in [5.41, 5.74) is -0.200. The number of carbonyl (C=O) groups excluding carboxylic acids is 1. The monoisotopic (exact) mass is 339 g/mol. The number of hydrogen-bond acceptors (Lipinski definition) is 3. The molecule has 2 atom stereocenters. The van der Waals surface area contributed by atoms with Crippen LogP contribution in [0, 0.1) is 5.92 Å². The van der Waals surface area contributed by atoms with E-state index in [1.165, 1.54) is 6.07 Å². The van der Waals surface area contributed by atoms with Crippen LogP contribution in [-0.2, 0) is 11.0 Å². The summed E-state index contributed by atoms with van der Waals surface area (Å²) in [6.07, 6.45) is -0.0856. The highest BCUT2D eigenvalue weighted by Crippen LogP contribution is 2.32. The van der Waals surface area contributed by atoms with E-state index < -0.39 is 24.1 Å². The lowest BCUT2D eigenvalue weighted by molar-refractivity contribution is -0.137. The van der Waals surface area contributed by atoms with Crippen molar-refractivity contribution in [2.45, 2.75) is 39.3 Å². The topological polar surface area (TPSA) is 44.7 Å². The molecule has 0 bridgehead atoms. The van der Waals surface area contributed by atoms with Gasteiger partial charge in [-0.3, -0.25) is 4.79 Å². The van der Waals surface area contributed by atoms with Crippen LogP contribution in [0.2, 0.25) is 0 Å². The second kappa shape index (κ2) is 7.07. The van der Waals surface area contributed by atoms with Crippen molar-refractivity contribution in [2.24, 2.45) is 10.9 Å². The Morgan fingerprint density at radius 2 is 2.00 bits per heavy atom. The number of benzene rings is 1. The standard InChI is InChI=1S/C17H20F3N3O/c1-11(2)15(24)22-16-21-8-5-9-23(16)12(3)13-6-4-7-14(10-13)17(18,19)20/h4-12,16H,1-3H3,(H,22,24)/t12?,16-/m1/s1. The van der Waals surface area contributed by atoms with E-state index in [-0.39, 0.29) is 11.8 Å². The molecule has 0 aliphatic carbocycles. The second-order valence-electron chi connectivity index (χ2n) is 5.92. The SMILES string of the molecule is CC(C)C(=O)N[C@H]1N=CC=CN1C(C)c1cccc(C(F)(F)F)c1. The maximum atomic E-state index is 12.9. The van der Waals surface area contributed by atoms with Crippen LogP contribution in [0.25, 0.3) is 0 Å². The highest BCUT2D eigenvalue weighted by Gasteiger charge is 2.32. The summed E-state index contributed by atoms with van der Waals surface area (Å²) in [5, 5.41) is 2.78. The summed E-state index contributed by atoms with van der Waals surface area (Å²) in [6, 6.07) is 4.79. The fraction of sp³-hybridized carbons (Fsp3) is 0.412. The van der Waals surface area contributed by atoms with E-state index >= 15 is 0 Å². The third-order valence-electron chi connectivity index (χ3n) is 3.79. The van der Waals surface area contributed by atoms with Crippen molar-refractivity contribution in [1.29, 1.82) is 0 Å². The Morgan fingerprint density at radius 1 is 1.29 bits per heavy atom. The van der Waals surface area contributed by atoms with Crippen LogP contribution >= 0.6 is 0 Å². The molecule has 0 spiro atoms. The number of aliphatic imine (C=N–C) groups is 1. The normalized spacial score (nSPS) is 18.8. The van der Waals surface area contributed by atoms with E-state index in [0.29, 0.717) is 5.56 Å². The summed E-state index contributed by atoms with van der Waals surface area (Å²) >= 11 is 0. The van der Waals surface area contributed by atoms with E-state index in [2.05, 4.69) is 10.3 Å². The Bertz CT molecular complexity index is 653. The molecule has 1 heterocycles. The molecule has 1 aromatic rings. The van der Waals surface area contributed by atoms with Crippen molar-refractivity contribution in [2.75, 3.05) is 0 Å². The molecule has 1 unspecified atom stereocenters. The molecule has 0 saturated carbocycles. The van der Waals surface area contributed by atoms with Crippen LogP contribution in [0.4, 0.5) is 13.2 Å². The third kappa shape index (κ3) is 4.15. The van der Waals surface area contributed by atoms with Gasteiger partial charge in [-0.05, 0) is 30.7 Å². The molecule has 1 aliphatic rings. The number of carbonyl (C=O) groups is 1. The fourth-order valence-electron chi connectivity index (χ4n) is 2.32. The van der Waals surface area contributed by atoms with Gasteiger partial charge in [0.05, 0.1) is 11.6 Å². The molecule has 2 rings (SSSR count). The molecule has 24 heavy (non-hydrogen) atoms. The Kier molecular flexibility index (Phi) is 5.31. The zero-order valence-corrected chi connectivity index (χ0v) is 13.7. The molecular weight excluding hydrogens is 319 g/mol. The number of halogens is 3. The van der Waals surface area contributed by atoms with E-state index in [4.69, 9.17) is 0 Å². The van der Waals surface area contributed by atoms with Crippen molar-refractivity contribution in [3.05, 3.63) is 47.7 Å². The molecule has 0 radical (unpaired) electrons. The van der Waals surface area contributed by atoms with Crippen LogP contribution in [0.1, 0.15) is 37.9 Å². The van der Waals surface area contributed by atoms with Crippen LogP contribution in [0.3, 0.4) is 0 Å². The van der Waals surface area contributed by atoms with E-state index in [0.717, 1.165) is 12.1 Å². The summed E-state index contributed by atoms with van der Waals surface area (Å²) in [7, 11) is 0. The number of nitrogens with one attached hydrogen (secondary N) is 1. The molecule has 4 nitrogen and oxygen atoms in total. The van der Waals surface area contributed by atoms with Gasteiger partial charge in [-0.2, -0.15) is 13.2 Å². The highest BCUT2D eigenvalue weighted by molar-refractivity contribution is 5.79. The maximum Gasteiger partial charge on any atom is 0.416 e. The molecule has 1 N–H and O–H groups in total. The highest BCUT2D eigenvalue weighted by atomic mass is 19.4. The first-order valence-electron chi connectivity index (χ1n) is 7.65. The van der Waals surface area contributed by atoms with Crippen molar-refractivity contribution in [3.8, 4) is 0 Å². The predicted molar refractivity (Wildman–Crippen MR) is 86.1 cm³/mol. The van der Waals surface area contributed by atoms with E-state index in [1.807, 2.05) is 0 Å². The van der Waals surface area contributed by atoms with Crippen LogP contribution in [0.15, 0.2) is 41.5 Å². The molecule has 130 valence electrons. The average Bonchev–Trinajstić information content (AvgIpc) is 2.54. The zero-order valence-electron chi connectivity index (χ0n) is 13.7. The first-order chi connectivity index (χ1) is 11.2. The van der Waals surface area contributed by atoms with Gasteiger partial charge in [-0.25, -0.2) is 4.99 Å². The molecule has 1 amide bonds. The Balaban J connectivity index is 2.23. The summed E-state index contributed by atoms with van der Waals surface area (Å²) in [6.45, 7) is 5.30. The number of rotatable bonds is 4. The predicted octanol–water partition coefficient (Wildman–Crippen LogP) is 3.72. The summed E-state index contributed by atoms with van der Waals surface area (Å²) in [5.74, 6) is -0.384. The molecule has 1 aliphatic heterocycles. The molecule has 0 fully saturated rings. The average molecular weight is 339 g/mol. The maximum absolute atomic E-state index is 12.9. The van der Waals surface area contributed by atoms with Gasteiger partial charge < -0.3 is 10.2 Å². The Hall–Kier alpha value is -2.31. The van der Waals surface area contributed by atoms with Gasteiger partial charge in [0.25, 0.3) is 0 Å². The number of nitrogens with zero attached hydrogens (tertiary/aromatic N) is 2. The van der Waals surface area contributed by atoms with Crippen molar-refractivity contribution < 1.29 is 18.0 Å². The molecular formula is C17H20F3N3O. The fourth-order valence-corrected chi connectivity index (χ4v) is 2.32. The molecule has 0 aromatic heterocycles. The van der Waals surface area contributed by atoms with Gasteiger partial charge in [0, 0.05) is 18.3 Å². The first-order valence-corrected chi connectivity index (χ1v) is 7.65. The Morgan fingerprint density at radius 3 is 2.62 bits per heavy atom. The number of allylic oxidation sites excluding steroid dienone is 1. The number of amides is 1. The van der Waals surface area contributed by atoms with Crippen molar-refractivity contribution >= 4 is 12.1 Å². The quantitative estimate of drug-likeness (QED) is 0.909. The minimum absolute atomic E-state index is 0.173. The second-order valence-corrected chi connectivity index (χ2v) is 5.92. The van der Waals surface area contributed by atoms with Gasteiger partial charge >= 0.3 is 6.18 Å². The lowest BCUT2D eigenvalue weighted by Gasteiger charge is -2.35. The van der Waals surface area contributed by atoms with Crippen LogP contribution in [-0.4, -0.2) is 23.3 Å². The van der Waals surface area contributed by atoms with Crippen LogP contribution < -0.4 is 5.32 Å². The van der Waals surface area contributed by atoms with E-state index in [1.54, 1.807) is 50.2 Å². The summed E-state index contributed by atoms with van der Waals surface area (Å²) < 4.78 is 38.7. The minimum Gasteiger partial charge on any atom is -0.333 e. The zero-order chi connectivity index (χ0) is 17.9. The minimum atomic E-state index is -4.39. The Labute approximate surface area is 139 Å². The molecule has 7 heteroatoms. The molecule has 0 saturated heterocycles. The lowest BCUT2D eigenvalue weighted by atomic mass is 10.0. The van der Waals surface area contributed by atoms with Gasteiger partial charge in [-0.1, -0.05) is 26.0 Å². The van der Waals surface area contributed by atoms with Gasteiger partial charge in [0.15, 0.2) is 6.29 Å². The van der Waals surface area contributed by atoms with Crippen molar-refractivity contribution in [3.63, 3.8) is 0 Å². The number of alkyl halides is 3. The van der Waals surface area contributed by atoms with Crippen LogP contribution in [0.5, 0.6) is 0 Å². The third-order valence-corrected chi connectivity index (χ3v) is 3.79. The van der Waals surface area contributed by atoms with Gasteiger partial charge in [0.2, 0.25) is 5.91 Å². The largest absolute Gasteiger partial charge is 0.416 e.